The van der Waals surface area contributed by atoms with E-state index < -0.39 is 0 Å². The quantitative estimate of drug-likeness (QED) is 0.500. The molecule has 6 nitrogen and oxygen atoms in total. The number of H-pyrrole nitrogens is 1. The zero-order valence-electron chi connectivity index (χ0n) is 20.1. The second-order valence-electron chi connectivity index (χ2n) is 9.22. The maximum atomic E-state index is 5.87. The van der Waals surface area contributed by atoms with Gasteiger partial charge in [-0.05, 0) is 73.4 Å². The summed E-state index contributed by atoms with van der Waals surface area (Å²) in [5, 5.41) is 10.8. The molecule has 1 aliphatic heterocycles. The Balaban J connectivity index is 1.44. The van der Waals surface area contributed by atoms with Crippen LogP contribution in [0.5, 0.6) is 0 Å². The molecule has 1 aromatic heterocycles. The maximum absolute atomic E-state index is 5.87. The number of nitrogens with zero attached hydrogens (tertiary/aromatic N) is 2. The number of ether oxygens (including phenoxy) is 1. The lowest BCUT2D eigenvalue weighted by Crippen LogP contribution is -2.36. The normalized spacial score (nSPS) is 21.1. The third-order valence-corrected chi connectivity index (χ3v) is 6.92. The summed E-state index contributed by atoms with van der Waals surface area (Å²) in [5.41, 5.74) is 12.4. The molecule has 0 saturated carbocycles. The highest BCUT2D eigenvalue weighted by Crippen LogP contribution is 2.32. The lowest BCUT2D eigenvalue weighted by molar-refractivity contribution is 0.122. The number of aromatic amines is 1. The van der Waals surface area contributed by atoms with Gasteiger partial charge in [0.1, 0.15) is 0 Å². The van der Waals surface area contributed by atoms with Gasteiger partial charge < -0.3 is 20.7 Å². The second-order valence-corrected chi connectivity index (χ2v) is 9.22. The van der Waals surface area contributed by atoms with Crippen molar-refractivity contribution in [2.75, 3.05) is 36.5 Å². The van der Waals surface area contributed by atoms with Crippen molar-refractivity contribution in [2.24, 2.45) is 17.6 Å². The molecule has 178 valence electrons. The molecule has 3 atom stereocenters. The van der Waals surface area contributed by atoms with Crippen LogP contribution >= 0.6 is 0 Å². The Bertz CT molecular complexity index is 1090. The van der Waals surface area contributed by atoms with Crippen LogP contribution in [0, 0.1) is 24.2 Å². The first-order valence-electron chi connectivity index (χ1n) is 12.1. The molecular weight excluding hydrogens is 422 g/mol. The SMILES string of the molecule is C#CC1=C/C(=C/N)C(CCC(C)C(C)Nc2cc(-c3cn[nH]c3)cc(N3CCOCC3)c2)C=C1. The number of nitrogens with two attached hydrogens (primary N) is 1. The monoisotopic (exact) mass is 457 g/mol. The molecule has 2 aliphatic rings. The van der Waals surface area contributed by atoms with Gasteiger partial charge in [-0.2, -0.15) is 5.10 Å². The summed E-state index contributed by atoms with van der Waals surface area (Å²) in [6.45, 7) is 7.90. The molecule has 6 heteroatoms. The van der Waals surface area contributed by atoms with Gasteiger partial charge in [0.15, 0.2) is 0 Å². The molecule has 1 saturated heterocycles. The number of terminal acetylenes is 1. The van der Waals surface area contributed by atoms with E-state index in [1.807, 2.05) is 24.5 Å². The first-order chi connectivity index (χ1) is 16.6. The van der Waals surface area contributed by atoms with E-state index in [1.54, 1.807) is 6.20 Å². The van der Waals surface area contributed by atoms with E-state index >= 15 is 0 Å². The molecule has 3 unspecified atom stereocenters. The third kappa shape index (κ3) is 5.73. The number of morpholine rings is 1. The lowest BCUT2D eigenvalue weighted by Gasteiger charge is -2.30. The fourth-order valence-electron chi connectivity index (χ4n) is 4.56. The number of benzene rings is 1. The number of hydrogen-bond donors (Lipinski definition) is 3. The van der Waals surface area contributed by atoms with Crippen LogP contribution in [0.15, 0.2) is 66.2 Å². The largest absolute Gasteiger partial charge is 0.404 e. The van der Waals surface area contributed by atoms with Gasteiger partial charge in [0.05, 0.1) is 19.4 Å². The Morgan fingerprint density at radius 2 is 2.12 bits per heavy atom. The summed E-state index contributed by atoms with van der Waals surface area (Å²) in [4.78, 5) is 2.39. The zero-order valence-corrected chi connectivity index (χ0v) is 20.1. The van der Waals surface area contributed by atoms with Gasteiger partial charge in [-0.3, -0.25) is 5.10 Å². The molecule has 1 aliphatic carbocycles. The topological polar surface area (TPSA) is 79.2 Å². The highest BCUT2D eigenvalue weighted by atomic mass is 16.5. The van der Waals surface area contributed by atoms with Crippen LogP contribution in [0.25, 0.3) is 11.1 Å². The van der Waals surface area contributed by atoms with E-state index in [2.05, 4.69) is 64.5 Å². The van der Waals surface area contributed by atoms with E-state index in [0.717, 1.165) is 67.1 Å². The molecule has 4 N–H and O–H groups in total. The minimum absolute atomic E-state index is 0.312. The summed E-state index contributed by atoms with van der Waals surface area (Å²) in [6.07, 6.45) is 19.4. The van der Waals surface area contributed by atoms with Gasteiger partial charge in [0.25, 0.3) is 0 Å². The van der Waals surface area contributed by atoms with E-state index in [0.29, 0.717) is 17.9 Å². The average Bonchev–Trinajstić information content (AvgIpc) is 3.42. The summed E-state index contributed by atoms with van der Waals surface area (Å²) in [7, 11) is 0. The molecule has 4 rings (SSSR count). The number of anilines is 2. The van der Waals surface area contributed by atoms with E-state index in [4.69, 9.17) is 16.9 Å². The fraction of sp³-hybridized carbons (Fsp3) is 0.393. The first kappa shape index (κ1) is 23.7. The molecule has 1 fully saturated rings. The predicted molar refractivity (Wildman–Crippen MR) is 140 cm³/mol. The minimum Gasteiger partial charge on any atom is -0.404 e. The Labute approximate surface area is 203 Å². The third-order valence-electron chi connectivity index (χ3n) is 6.92. The van der Waals surface area contributed by atoms with Crippen molar-refractivity contribution in [1.29, 1.82) is 0 Å². The van der Waals surface area contributed by atoms with Crippen molar-refractivity contribution < 1.29 is 4.74 Å². The highest BCUT2D eigenvalue weighted by molar-refractivity contribution is 5.74. The maximum Gasteiger partial charge on any atom is 0.0642 e. The zero-order chi connectivity index (χ0) is 23.9. The Morgan fingerprint density at radius 1 is 1.29 bits per heavy atom. The van der Waals surface area contributed by atoms with E-state index in [9.17, 15) is 0 Å². The molecule has 34 heavy (non-hydrogen) atoms. The number of hydrogen-bond acceptors (Lipinski definition) is 5. The Hall–Kier alpha value is -3.43. The summed E-state index contributed by atoms with van der Waals surface area (Å²) in [5.74, 6) is 3.49. The Kier molecular flexibility index (Phi) is 7.76. The number of rotatable bonds is 8. The smallest absolute Gasteiger partial charge is 0.0642 e. The van der Waals surface area contributed by atoms with Crippen molar-refractivity contribution in [1.82, 2.24) is 10.2 Å². The average molecular weight is 458 g/mol. The van der Waals surface area contributed by atoms with Gasteiger partial charge in [-0.15, -0.1) is 6.42 Å². The summed E-state index contributed by atoms with van der Waals surface area (Å²) >= 11 is 0. The predicted octanol–water partition coefficient (Wildman–Crippen LogP) is 4.72. The first-order valence-corrected chi connectivity index (χ1v) is 12.1. The highest BCUT2D eigenvalue weighted by Gasteiger charge is 2.19. The number of allylic oxidation sites excluding steroid dienone is 5. The van der Waals surface area contributed by atoms with E-state index in [-0.39, 0.29) is 0 Å². The van der Waals surface area contributed by atoms with Crippen molar-refractivity contribution in [3.05, 3.63) is 66.2 Å². The van der Waals surface area contributed by atoms with Crippen LogP contribution in [-0.4, -0.2) is 42.5 Å². The van der Waals surface area contributed by atoms with Gasteiger partial charge in [-0.1, -0.05) is 18.9 Å². The number of nitrogens with one attached hydrogen (secondary N) is 2. The lowest BCUT2D eigenvalue weighted by atomic mass is 9.85. The van der Waals surface area contributed by atoms with Crippen molar-refractivity contribution in [3.8, 4) is 23.5 Å². The van der Waals surface area contributed by atoms with Crippen LogP contribution in [0.1, 0.15) is 26.7 Å². The van der Waals surface area contributed by atoms with Gasteiger partial charge >= 0.3 is 0 Å². The van der Waals surface area contributed by atoms with Gasteiger partial charge in [0.2, 0.25) is 0 Å². The van der Waals surface area contributed by atoms with Crippen molar-refractivity contribution in [2.45, 2.75) is 32.7 Å². The van der Waals surface area contributed by atoms with Gasteiger partial charge in [0, 0.05) is 53.8 Å². The number of aromatic nitrogens is 2. The Morgan fingerprint density at radius 3 is 2.82 bits per heavy atom. The molecule has 0 radical (unpaired) electrons. The van der Waals surface area contributed by atoms with Crippen LogP contribution in [0.2, 0.25) is 0 Å². The van der Waals surface area contributed by atoms with Crippen LogP contribution in [0.3, 0.4) is 0 Å². The van der Waals surface area contributed by atoms with E-state index in [1.165, 1.54) is 5.69 Å². The summed E-state index contributed by atoms with van der Waals surface area (Å²) < 4.78 is 5.55. The molecular formula is C28H35N5O. The molecule has 0 bridgehead atoms. The molecule has 0 spiro atoms. The summed E-state index contributed by atoms with van der Waals surface area (Å²) in [6, 6.07) is 7.02. The van der Waals surface area contributed by atoms with Crippen molar-refractivity contribution >= 4 is 11.4 Å². The van der Waals surface area contributed by atoms with Crippen molar-refractivity contribution in [3.63, 3.8) is 0 Å². The molecule has 2 aromatic rings. The molecule has 0 amide bonds. The molecule has 2 heterocycles. The van der Waals surface area contributed by atoms with Crippen LogP contribution < -0.4 is 16.0 Å². The van der Waals surface area contributed by atoms with Crippen LogP contribution in [0.4, 0.5) is 11.4 Å². The standard InChI is InChI=1S/C28H35N5O/c1-4-22-6-8-23(25(13-22)17-29)7-5-20(2)21(3)32-27-14-24(26-18-30-31-19-26)15-28(16-27)33-9-11-34-12-10-33/h1,6,8,13-21,23,32H,5,7,9-12,29H2,2-3H3,(H,30,31)/b25-17-. The second kappa shape index (κ2) is 11.1. The fourth-order valence-corrected chi connectivity index (χ4v) is 4.56. The van der Waals surface area contributed by atoms with Crippen LogP contribution in [-0.2, 0) is 4.74 Å². The molecule has 1 aromatic carbocycles. The van der Waals surface area contributed by atoms with Gasteiger partial charge in [-0.25, -0.2) is 0 Å². The minimum atomic E-state index is 0.312.